The van der Waals surface area contributed by atoms with Crippen LogP contribution in [-0.4, -0.2) is 16.7 Å². The van der Waals surface area contributed by atoms with Crippen LogP contribution in [0.4, 0.5) is 0 Å². The van der Waals surface area contributed by atoms with Crippen LogP contribution in [0.5, 0.6) is 5.75 Å². The van der Waals surface area contributed by atoms with Crippen molar-refractivity contribution in [1.82, 2.24) is 9.55 Å². The third-order valence-electron chi connectivity index (χ3n) is 3.47. The molecule has 0 bridgehead atoms. The largest absolute Gasteiger partial charge is 0.496 e. The number of para-hydroxylation sites is 2. The lowest BCUT2D eigenvalue weighted by atomic mass is 10.2. The van der Waals surface area contributed by atoms with E-state index in [0.29, 0.717) is 17.4 Å². The SMILES string of the molecule is COc1cccc(Cl)c1Cn1c(CCl)nc2ccccc21. The Balaban J connectivity index is 2.14. The van der Waals surface area contributed by atoms with Crippen LogP contribution >= 0.6 is 23.2 Å². The summed E-state index contributed by atoms with van der Waals surface area (Å²) >= 11 is 12.4. The molecule has 0 spiro atoms. The lowest BCUT2D eigenvalue weighted by molar-refractivity contribution is 0.408. The summed E-state index contributed by atoms with van der Waals surface area (Å²) in [6.07, 6.45) is 0. The van der Waals surface area contributed by atoms with E-state index in [9.17, 15) is 0 Å². The van der Waals surface area contributed by atoms with Gasteiger partial charge in [-0.2, -0.15) is 0 Å². The van der Waals surface area contributed by atoms with E-state index < -0.39 is 0 Å². The first kappa shape index (κ1) is 14.2. The van der Waals surface area contributed by atoms with Crippen LogP contribution < -0.4 is 4.74 Å². The quantitative estimate of drug-likeness (QED) is 0.662. The Morgan fingerprint density at radius 2 is 1.95 bits per heavy atom. The molecule has 0 aliphatic rings. The number of imidazole rings is 1. The molecule has 0 atom stereocenters. The zero-order chi connectivity index (χ0) is 14.8. The van der Waals surface area contributed by atoms with E-state index in [1.165, 1.54) is 0 Å². The Hall–Kier alpha value is -1.71. The van der Waals surface area contributed by atoms with Crippen LogP contribution in [0.1, 0.15) is 11.4 Å². The predicted molar refractivity (Wildman–Crippen MR) is 86.4 cm³/mol. The number of rotatable bonds is 4. The molecular weight excluding hydrogens is 307 g/mol. The van der Waals surface area contributed by atoms with Gasteiger partial charge in [-0.25, -0.2) is 4.98 Å². The molecule has 0 fully saturated rings. The number of alkyl halides is 1. The van der Waals surface area contributed by atoms with Gasteiger partial charge in [-0.3, -0.25) is 0 Å². The van der Waals surface area contributed by atoms with Gasteiger partial charge in [-0.05, 0) is 24.3 Å². The van der Waals surface area contributed by atoms with Crippen LogP contribution in [-0.2, 0) is 12.4 Å². The highest BCUT2D eigenvalue weighted by Crippen LogP contribution is 2.29. The third kappa shape index (κ3) is 2.59. The monoisotopic (exact) mass is 320 g/mol. The van der Waals surface area contributed by atoms with Crippen molar-refractivity contribution < 1.29 is 4.74 Å². The second kappa shape index (κ2) is 5.96. The van der Waals surface area contributed by atoms with Gasteiger partial charge in [-0.15, -0.1) is 11.6 Å². The molecule has 0 aliphatic heterocycles. The van der Waals surface area contributed by atoms with Gasteiger partial charge in [-0.1, -0.05) is 29.8 Å². The van der Waals surface area contributed by atoms with Gasteiger partial charge in [0.2, 0.25) is 0 Å². The molecule has 0 unspecified atom stereocenters. The average molecular weight is 321 g/mol. The van der Waals surface area contributed by atoms with Gasteiger partial charge >= 0.3 is 0 Å². The molecule has 0 saturated heterocycles. The molecular formula is C16H14Cl2N2O. The highest BCUT2D eigenvalue weighted by atomic mass is 35.5. The minimum Gasteiger partial charge on any atom is -0.496 e. The summed E-state index contributed by atoms with van der Waals surface area (Å²) in [5.74, 6) is 1.93. The molecule has 21 heavy (non-hydrogen) atoms. The number of hydrogen-bond donors (Lipinski definition) is 0. The second-order valence-corrected chi connectivity index (χ2v) is 5.33. The molecule has 2 aromatic carbocycles. The summed E-state index contributed by atoms with van der Waals surface area (Å²) in [6.45, 7) is 0.575. The second-order valence-electron chi connectivity index (χ2n) is 4.66. The Bertz CT molecular complexity index is 783. The third-order valence-corrected chi connectivity index (χ3v) is 4.06. The van der Waals surface area contributed by atoms with Crippen molar-refractivity contribution in [2.24, 2.45) is 0 Å². The maximum atomic E-state index is 6.33. The maximum absolute atomic E-state index is 6.33. The van der Waals surface area contributed by atoms with Crippen molar-refractivity contribution in [2.45, 2.75) is 12.4 Å². The molecule has 0 amide bonds. The summed E-state index contributed by atoms with van der Waals surface area (Å²) < 4.78 is 7.48. The summed E-state index contributed by atoms with van der Waals surface area (Å²) in [5.41, 5.74) is 2.89. The summed E-state index contributed by atoms with van der Waals surface area (Å²) in [6, 6.07) is 13.6. The Morgan fingerprint density at radius 1 is 1.14 bits per heavy atom. The fourth-order valence-corrected chi connectivity index (χ4v) is 2.88. The first-order valence-electron chi connectivity index (χ1n) is 6.56. The number of halogens is 2. The van der Waals surface area contributed by atoms with E-state index >= 15 is 0 Å². The van der Waals surface area contributed by atoms with Crippen LogP contribution in [0.25, 0.3) is 11.0 Å². The van der Waals surface area contributed by atoms with Gasteiger partial charge in [0.15, 0.2) is 0 Å². The van der Waals surface area contributed by atoms with Crippen molar-refractivity contribution in [3.63, 3.8) is 0 Å². The number of benzene rings is 2. The number of fused-ring (bicyclic) bond motifs is 1. The van der Waals surface area contributed by atoms with E-state index in [2.05, 4.69) is 9.55 Å². The maximum Gasteiger partial charge on any atom is 0.125 e. The lowest BCUT2D eigenvalue weighted by Crippen LogP contribution is -2.06. The molecule has 3 nitrogen and oxygen atoms in total. The van der Waals surface area contributed by atoms with E-state index in [1.54, 1.807) is 7.11 Å². The Labute approximate surface area is 133 Å². The minimum atomic E-state index is 0.349. The molecule has 108 valence electrons. The number of methoxy groups -OCH3 is 1. The fraction of sp³-hybridized carbons (Fsp3) is 0.188. The normalized spacial score (nSPS) is 11.0. The molecule has 0 saturated carbocycles. The summed E-state index contributed by atoms with van der Waals surface area (Å²) in [7, 11) is 1.64. The molecule has 1 heterocycles. The van der Waals surface area contributed by atoms with Gasteiger partial charge in [0.1, 0.15) is 11.6 Å². The van der Waals surface area contributed by atoms with E-state index in [4.69, 9.17) is 27.9 Å². The highest BCUT2D eigenvalue weighted by molar-refractivity contribution is 6.31. The van der Waals surface area contributed by atoms with Gasteiger partial charge in [0, 0.05) is 10.6 Å². The Kier molecular flexibility index (Phi) is 4.04. The zero-order valence-electron chi connectivity index (χ0n) is 11.5. The first-order chi connectivity index (χ1) is 10.2. The summed E-state index contributed by atoms with van der Waals surface area (Å²) in [5, 5.41) is 0.674. The van der Waals surface area contributed by atoms with Crippen LogP contribution in [0.2, 0.25) is 5.02 Å². The molecule has 1 aromatic heterocycles. The minimum absolute atomic E-state index is 0.349. The smallest absolute Gasteiger partial charge is 0.125 e. The van der Waals surface area contributed by atoms with Gasteiger partial charge < -0.3 is 9.30 Å². The van der Waals surface area contributed by atoms with Crippen LogP contribution in [0.3, 0.4) is 0 Å². The Morgan fingerprint density at radius 3 is 2.71 bits per heavy atom. The average Bonchev–Trinajstić information content (AvgIpc) is 2.87. The molecule has 0 radical (unpaired) electrons. The number of hydrogen-bond acceptors (Lipinski definition) is 2. The van der Waals surface area contributed by atoms with Gasteiger partial charge in [0.25, 0.3) is 0 Å². The van der Waals surface area contributed by atoms with Crippen LogP contribution in [0, 0.1) is 0 Å². The van der Waals surface area contributed by atoms with Crippen molar-refractivity contribution in [3.8, 4) is 5.75 Å². The standard InChI is InChI=1S/C16H14Cl2N2O/c1-21-15-8-4-5-12(18)11(15)10-20-14-7-3-2-6-13(14)19-16(20)9-17/h2-8H,9-10H2,1H3. The van der Waals surface area contributed by atoms with Crippen LogP contribution in [0.15, 0.2) is 42.5 Å². The van der Waals surface area contributed by atoms with E-state index in [1.807, 2.05) is 42.5 Å². The fourth-order valence-electron chi connectivity index (χ4n) is 2.45. The first-order valence-corrected chi connectivity index (χ1v) is 7.47. The molecule has 3 rings (SSSR count). The highest BCUT2D eigenvalue weighted by Gasteiger charge is 2.14. The number of nitrogens with zero attached hydrogens (tertiary/aromatic N) is 2. The topological polar surface area (TPSA) is 27.1 Å². The molecule has 5 heteroatoms. The van der Waals surface area contributed by atoms with E-state index in [0.717, 1.165) is 28.2 Å². The van der Waals surface area contributed by atoms with Crippen molar-refractivity contribution >= 4 is 34.2 Å². The van der Waals surface area contributed by atoms with Crippen molar-refractivity contribution in [2.75, 3.05) is 7.11 Å². The number of ether oxygens (including phenoxy) is 1. The zero-order valence-corrected chi connectivity index (χ0v) is 13.0. The molecule has 0 N–H and O–H groups in total. The summed E-state index contributed by atoms with van der Waals surface area (Å²) in [4.78, 5) is 4.56. The lowest BCUT2D eigenvalue weighted by Gasteiger charge is -2.13. The number of aromatic nitrogens is 2. The predicted octanol–water partition coefficient (Wildman–Crippen LogP) is 4.49. The molecule has 3 aromatic rings. The molecule has 0 aliphatic carbocycles. The van der Waals surface area contributed by atoms with Crippen molar-refractivity contribution in [3.05, 3.63) is 58.9 Å². The van der Waals surface area contributed by atoms with E-state index in [-0.39, 0.29) is 0 Å². The van der Waals surface area contributed by atoms with Gasteiger partial charge in [0.05, 0.1) is 30.6 Å². The van der Waals surface area contributed by atoms with Crippen molar-refractivity contribution in [1.29, 1.82) is 0 Å².